The Bertz CT molecular complexity index is 498. The number of hydrogen-bond acceptors (Lipinski definition) is 3. The van der Waals surface area contributed by atoms with E-state index in [-0.39, 0.29) is 40.4 Å². The van der Waals surface area contributed by atoms with Crippen LogP contribution in [0, 0.1) is 6.92 Å². The fourth-order valence-corrected chi connectivity index (χ4v) is 1.69. The van der Waals surface area contributed by atoms with Crippen molar-refractivity contribution in [3.05, 3.63) is 23.8 Å². The number of rotatable bonds is 2. The second-order valence-corrected chi connectivity index (χ2v) is 4.55. The summed E-state index contributed by atoms with van der Waals surface area (Å²) in [4.78, 5) is 10.6. The predicted octanol–water partition coefficient (Wildman–Crippen LogP) is 0.552. The number of nitrogens with one attached hydrogen (secondary N) is 1. The van der Waals surface area contributed by atoms with Gasteiger partial charge in [-0.15, -0.1) is 0 Å². The quantitative estimate of drug-likeness (QED) is 0.595. The van der Waals surface area contributed by atoms with Crippen LogP contribution in [0.4, 0.5) is 5.69 Å². The molecule has 0 aliphatic rings. The third-order valence-electron chi connectivity index (χ3n) is 1.81. The molecular formula is C9H12NNaO4S. The first kappa shape index (κ1) is 15.6. The minimum absolute atomic E-state index is 0. The van der Waals surface area contributed by atoms with Crippen LogP contribution in [0.3, 0.4) is 0 Å². The van der Waals surface area contributed by atoms with Crippen molar-refractivity contribution in [2.75, 3.05) is 5.32 Å². The summed E-state index contributed by atoms with van der Waals surface area (Å²) in [5.74, 6) is -0.238. The van der Waals surface area contributed by atoms with Crippen molar-refractivity contribution in [2.45, 2.75) is 18.7 Å². The van der Waals surface area contributed by atoms with Crippen molar-refractivity contribution in [2.24, 2.45) is 0 Å². The van der Waals surface area contributed by atoms with E-state index in [2.05, 4.69) is 5.32 Å². The summed E-state index contributed by atoms with van der Waals surface area (Å²) in [5.41, 5.74) is 1.09. The number of carbonyl (C=O) groups excluding carboxylic acids is 1. The number of hydrogen-bond donors (Lipinski definition) is 2. The van der Waals surface area contributed by atoms with E-state index < -0.39 is 10.1 Å². The third-order valence-corrected chi connectivity index (χ3v) is 2.66. The summed E-state index contributed by atoms with van der Waals surface area (Å²) in [5, 5.41) is 2.54. The molecule has 7 heteroatoms. The van der Waals surface area contributed by atoms with Crippen LogP contribution in [0.5, 0.6) is 0 Å². The van der Waals surface area contributed by atoms with Crippen LogP contribution in [0.1, 0.15) is 12.5 Å². The molecule has 84 valence electrons. The molecule has 16 heavy (non-hydrogen) atoms. The maximum absolute atomic E-state index is 10.8. The number of aryl methyl sites for hydroxylation is 1. The van der Waals surface area contributed by atoms with E-state index in [4.69, 9.17) is 4.55 Å². The first-order valence-electron chi connectivity index (χ1n) is 4.16. The second kappa shape index (κ2) is 5.79. The Morgan fingerprint density at radius 1 is 1.38 bits per heavy atom. The number of anilines is 1. The molecule has 0 atom stereocenters. The molecule has 0 bridgehead atoms. The Kier molecular flexibility index (Phi) is 5.64. The first-order valence-corrected chi connectivity index (χ1v) is 5.60. The molecule has 0 fully saturated rings. The Hall–Kier alpha value is -0.400. The van der Waals surface area contributed by atoms with Crippen molar-refractivity contribution in [3.63, 3.8) is 0 Å². The summed E-state index contributed by atoms with van der Waals surface area (Å²) in [6.45, 7) is 3.00. The Labute approximate surface area is 116 Å². The van der Waals surface area contributed by atoms with Gasteiger partial charge in [-0.3, -0.25) is 9.35 Å². The molecule has 0 saturated carbocycles. The second-order valence-electron chi connectivity index (χ2n) is 3.13. The summed E-state index contributed by atoms with van der Waals surface area (Å²) in [7, 11) is -4.18. The zero-order valence-corrected chi connectivity index (χ0v) is 9.13. The Morgan fingerprint density at radius 3 is 2.31 bits per heavy atom. The topological polar surface area (TPSA) is 83.5 Å². The van der Waals surface area contributed by atoms with Gasteiger partial charge in [0.15, 0.2) is 0 Å². The zero-order valence-electron chi connectivity index (χ0n) is 8.31. The van der Waals surface area contributed by atoms with Gasteiger partial charge in [-0.25, -0.2) is 0 Å². The average Bonchev–Trinajstić information content (AvgIpc) is 2.05. The predicted molar refractivity (Wildman–Crippen MR) is 62.4 cm³/mol. The molecule has 0 aliphatic heterocycles. The maximum atomic E-state index is 10.8. The van der Waals surface area contributed by atoms with Crippen molar-refractivity contribution in [1.29, 1.82) is 0 Å². The number of benzene rings is 1. The molecule has 5 nitrogen and oxygen atoms in total. The van der Waals surface area contributed by atoms with Gasteiger partial charge >= 0.3 is 29.6 Å². The van der Waals surface area contributed by atoms with Crippen LogP contribution in [-0.2, 0) is 14.9 Å². The van der Waals surface area contributed by atoms with E-state index in [0.717, 1.165) is 0 Å². The van der Waals surface area contributed by atoms with Gasteiger partial charge in [0.25, 0.3) is 10.1 Å². The standard InChI is InChI=1S/C9H11NO4S.Na.H/c1-6-5-8(15(12,13)14)3-4-9(6)10-7(2)11;;/h3-5H,1-2H3,(H,10,11)(H,12,13,14);;. The molecule has 0 radical (unpaired) electrons. The number of carbonyl (C=O) groups is 1. The molecule has 1 aromatic rings. The van der Waals surface area contributed by atoms with E-state index in [9.17, 15) is 13.2 Å². The SMILES string of the molecule is CC(=O)Nc1ccc(S(=O)(=O)O)cc1C.[NaH]. The monoisotopic (exact) mass is 253 g/mol. The fraction of sp³-hybridized carbons (Fsp3) is 0.222. The van der Waals surface area contributed by atoms with Crippen molar-refractivity contribution >= 4 is 51.3 Å². The van der Waals surface area contributed by atoms with Crippen LogP contribution in [0.25, 0.3) is 0 Å². The molecule has 2 N–H and O–H groups in total. The van der Waals surface area contributed by atoms with Crippen molar-refractivity contribution in [1.82, 2.24) is 0 Å². The molecule has 0 unspecified atom stereocenters. The van der Waals surface area contributed by atoms with Crippen LogP contribution < -0.4 is 5.32 Å². The summed E-state index contributed by atoms with van der Waals surface area (Å²) < 4.78 is 30.3. The van der Waals surface area contributed by atoms with Gasteiger partial charge in [0.2, 0.25) is 5.91 Å². The van der Waals surface area contributed by atoms with E-state index >= 15 is 0 Å². The minimum atomic E-state index is -4.18. The average molecular weight is 253 g/mol. The van der Waals surface area contributed by atoms with E-state index in [0.29, 0.717) is 11.3 Å². The zero-order chi connectivity index (χ0) is 11.6. The van der Waals surface area contributed by atoms with Gasteiger partial charge in [-0.05, 0) is 30.7 Å². The van der Waals surface area contributed by atoms with Crippen LogP contribution >= 0.6 is 0 Å². The fourth-order valence-electron chi connectivity index (χ4n) is 1.13. The normalized spacial score (nSPS) is 10.4. The van der Waals surface area contributed by atoms with E-state index in [1.54, 1.807) is 6.92 Å². The summed E-state index contributed by atoms with van der Waals surface area (Å²) in [6, 6.07) is 3.95. The number of amides is 1. The van der Waals surface area contributed by atoms with E-state index in [1.807, 2.05) is 0 Å². The molecule has 1 rings (SSSR count). The Balaban J connectivity index is 0.00000225. The molecule has 0 heterocycles. The van der Waals surface area contributed by atoms with Crippen LogP contribution in [-0.4, -0.2) is 48.4 Å². The molecule has 1 aromatic carbocycles. The van der Waals surface area contributed by atoms with Gasteiger partial charge in [0, 0.05) is 12.6 Å². The molecule has 1 amide bonds. The van der Waals surface area contributed by atoms with Crippen molar-refractivity contribution in [3.8, 4) is 0 Å². The molecule has 0 aliphatic carbocycles. The van der Waals surface area contributed by atoms with Gasteiger partial charge in [0.05, 0.1) is 4.90 Å². The van der Waals surface area contributed by atoms with Gasteiger partial charge in [-0.2, -0.15) is 8.42 Å². The van der Waals surface area contributed by atoms with Gasteiger partial charge in [0.1, 0.15) is 0 Å². The van der Waals surface area contributed by atoms with E-state index in [1.165, 1.54) is 25.1 Å². The Morgan fingerprint density at radius 2 is 1.94 bits per heavy atom. The van der Waals surface area contributed by atoms with Crippen molar-refractivity contribution < 1.29 is 17.8 Å². The van der Waals surface area contributed by atoms with Gasteiger partial charge < -0.3 is 5.32 Å². The first-order chi connectivity index (χ1) is 6.80. The molecule has 0 aromatic heterocycles. The van der Waals surface area contributed by atoms with Crippen LogP contribution in [0.15, 0.2) is 23.1 Å². The molecular weight excluding hydrogens is 241 g/mol. The molecule has 0 spiro atoms. The van der Waals surface area contributed by atoms with Crippen LogP contribution in [0.2, 0.25) is 0 Å². The summed E-state index contributed by atoms with van der Waals surface area (Å²) in [6.07, 6.45) is 0. The third kappa shape index (κ3) is 4.23. The molecule has 0 saturated heterocycles. The summed E-state index contributed by atoms with van der Waals surface area (Å²) >= 11 is 0. The van der Waals surface area contributed by atoms with Gasteiger partial charge in [-0.1, -0.05) is 0 Å².